The van der Waals surface area contributed by atoms with E-state index in [1.807, 2.05) is 78.2 Å². The van der Waals surface area contributed by atoms with Crippen LogP contribution in [0.4, 0.5) is 0 Å². The molecule has 1 heterocycles. The minimum atomic E-state index is -0.338. The Bertz CT molecular complexity index is 773. The molecule has 0 saturated heterocycles. The average Bonchev–Trinajstić information content (AvgIpc) is 3.11. The van der Waals surface area contributed by atoms with E-state index in [1.54, 1.807) is 11.3 Å². The van der Waals surface area contributed by atoms with Crippen molar-refractivity contribution in [2.45, 2.75) is 12.6 Å². The Labute approximate surface area is 140 Å². The van der Waals surface area contributed by atoms with Gasteiger partial charge in [0.15, 0.2) is 0 Å². The van der Waals surface area contributed by atoms with E-state index in [9.17, 15) is 5.21 Å². The zero-order valence-electron chi connectivity index (χ0n) is 12.6. The summed E-state index contributed by atoms with van der Waals surface area (Å²) in [5.74, 6) is 6.35. The summed E-state index contributed by atoms with van der Waals surface area (Å²) in [7, 11) is 0. The van der Waals surface area contributed by atoms with Crippen molar-refractivity contribution in [2.24, 2.45) is 0 Å². The van der Waals surface area contributed by atoms with Crippen LogP contribution < -0.4 is 0 Å². The molecule has 0 aliphatic rings. The Hall–Kier alpha value is -2.38. The van der Waals surface area contributed by atoms with Crippen LogP contribution in [0.3, 0.4) is 0 Å². The van der Waals surface area contributed by atoms with Crippen LogP contribution in [0.2, 0.25) is 0 Å². The van der Waals surface area contributed by atoms with E-state index in [0.717, 1.165) is 16.0 Å². The summed E-state index contributed by atoms with van der Waals surface area (Å²) in [5, 5.41) is 13.9. The highest BCUT2D eigenvalue weighted by molar-refractivity contribution is 7.10. The highest BCUT2D eigenvalue weighted by Crippen LogP contribution is 2.24. The van der Waals surface area contributed by atoms with Gasteiger partial charge in [0.05, 0.1) is 6.54 Å². The minimum absolute atomic E-state index is 0.338. The van der Waals surface area contributed by atoms with E-state index in [0.29, 0.717) is 6.54 Å². The van der Waals surface area contributed by atoms with Crippen LogP contribution in [0, 0.1) is 11.8 Å². The lowest BCUT2D eigenvalue weighted by Crippen LogP contribution is -2.23. The molecule has 1 atom stereocenters. The zero-order chi connectivity index (χ0) is 15.9. The molecule has 3 rings (SSSR count). The molecule has 114 valence electrons. The van der Waals surface area contributed by atoms with Crippen molar-refractivity contribution < 1.29 is 5.21 Å². The fourth-order valence-electron chi connectivity index (χ4n) is 2.27. The third kappa shape index (κ3) is 4.30. The molecule has 0 amide bonds. The second-order valence-corrected chi connectivity index (χ2v) is 6.12. The standard InChI is InChI=1S/C20H17NOS/c22-21(16-18-10-5-2-6-11-18)19(20-12-7-15-23-20)14-13-17-8-3-1-4-9-17/h1-12,15,19,22H,16H2. The fraction of sp³-hybridized carbons (Fsp3) is 0.100. The Balaban J connectivity index is 1.83. The van der Waals surface area contributed by atoms with E-state index < -0.39 is 0 Å². The van der Waals surface area contributed by atoms with Crippen molar-refractivity contribution in [3.05, 3.63) is 94.2 Å². The van der Waals surface area contributed by atoms with Crippen molar-refractivity contribution in [3.63, 3.8) is 0 Å². The Morgan fingerprint density at radius 1 is 0.913 bits per heavy atom. The monoisotopic (exact) mass is 319 g/mol. The Kier molecular flexibility index (Phi) is 5.23. The first-order valence-corrected chi connectivity index (χ1v) is 8.30. The first kappa shape index (κ1) is 15.5. The molecule has 0 aliphatic heterocycles. The van der Waals surface area contributed by atoms with Crippen LogP contribution in [0.1, 0.15) is 22.0 Å². The lowest BCUT2D eigenvalue weighted by molar-refractivity contribution is -0.120. The number of hydrogen-bond donors (Lipinski definition) is 1. The topological polar surface area (TPSA) is 23.5 Å². The molecule has 0 fully saturated rings. The van der Waals surface area contributed by atoms with Gasteiger partial charge in [-0.1, -0.05) is 66.4 Å². The SMILES string of the molecule is ON(Cc1ccccc1)C(C#Cc1ccccc1)c1cccs1. The summed E-state index contributed by atoms with van der Waals surface area (Å²) in [6, 6.07) is 23.4. The van der Waals surface area contributed by atoms with E-state index in [2.05, 4.69) is 11.8 Å². The van der Waals surface area contributed by atoms with Crippen molar-refractivity contribution in [3.8, 4) is 11.8 Å². The Morgan fingerprint density at radius 3 is 2.26 bits per heavy atom. The molecule has 0 radical (unpaired) electrons. The molecule has 2 nitrogen and oxygen atoms in total. The second-order valence-electron chi connectivity index (χ2n) is 5.14. The van der Waals surface area contributed by atoms with Gasteiger partial charge < -0.3 is 5.21 Å². The van der Waals surface area contributed by atoms with E-state index in [4.69, 9.17) is 0 Å². The van der Waals surface area contributed by atoms with Gasteiger partial charge in [0.25, 0.3) is 0 Å². The largest absolute Gasteiger partial charge is 0.312 e. The normalized spacial score (nSPS) is 11.7. The molecule has 3 aromatic rings. The fourth-order valence-corrected chi connectivity index (χ4v) is 3.06. The van der Waals surface area contributed by atoms with Gasteiger partial charge in [-0.05, 0) is 29.1 Å². The van der Waals surface area contributed by atoms with Gasteiger partial charge in [-0.25, -0.2) is 0 Å². The lowest BCUT2D eigenvalue weighted by Gasteiger charge is -2.20. The summed E-state index contributed by atoms with van der Waals surface area (Å²) in [5.41, 5.74) is 2.00. The van der Waals surface area contributed by atoms with E-state index in [1.165, 1.54) is 5.06 Å². The quantitative estimate of drug-likeness (QED) is 0.555. The summed E-state index contributed by atoms with van der Waals surface area (Å²) < 4.78 is 0. The van der Waals surface area contributed by atoms with Crippen LogP contribution >= 0.6 is 11.3 Å². The number of rotatable bonds is 4. The lowest BCUT2D eigenvalue weighted by atomic mass is 10.1. The molecule has 0 saturated carbocycles. The van der Waals surface area contributed by atoms with Gasteiger partial charge in [0.2, 0.25) is 0 Å². The Morgan fingerprint density at radius 2 is 1.61 bits per heavy atom. The number of nitrogens with zero attached hydrogens (tertiary/aromatic N) is 1. The molecule has 3 heteroatoms. The van der Waals surface area contributed by atoms with E-state index in [-0.39, 0.29) is 6.04 Å². The summed E-state index contributed by atoms with van der Waals surface area (Å²) in [4.78, 5) is 1.03. The molecule has 1 unspecified atom stereocenters. The van der Waals surface area contributed by atoms with Crippen LogP contribution in [0.15, 0.2) is 78.2 Å². The highest BCUT2D eigenvalue weighted by atomic mass is 32.1. The van der Waals surface area contributed by atoms with Crippen molar-refractivity contribution >= 4 is 11.3 Å². The van der Waals surface area contributed by atoms with Gasteiger partial charge in [-0.15, -0.1) is 11.3 Å². The predicted octanol–water partition coefficient (Wildman–Crippen LogP) is 4.73. The van der Waals surface area contributed by atoms with Gasteiger partial charge in [0.1, 0.15) is 6.04 Å². The second kappa shape index (κ2) is 7.75. The smallest absolute Gasteiger partial charge is 0.130 e. The minimum Gasteiger partial charge on any atom is -0.312 e. The molecule has 1 N–H and O–H groups in total. The third-order valence-corrected chi connectivity index (χ3v) is 4.35. The van der Waals surface area contributed by atoms with Gasteiger partial charge in [-0.3, -0.25) is 0 Å². The molecule has 0 bridgehead atoms. The van der Waals surface area contributed by atoms with Crippen LogP contribution in [-0.4, -0.2) is 10.3 Å². The highest BCUT2D eigenvalue weighted by Gasteiger charge is 2.17. The summed E-state index contributed by atoms with van der Waals surface area (Å²) in [6.07, 6.45) is 0. The number of hydrogen-bond acceptors (Lipinski definition) is 3. The molecule has 1 aromatic heterocycles. The van der Waals surface area contributed by atoms with Crippen LogP contribution in [0.25, 0.3) is 0 Å². The maximum absolute atomic E-state index is 10.5. The van der Waals surface area contributed by atoms with Crippen LogP contribution in [0.5, 0.6) is 0 Å². The number of thiophene rings is 1. The van der Waals surface area contributed by atoms with Gasteiger partial charge in [0, 0.05) is 10.4 Å². The molecule has 23 heavy (non-hydrogen) atoms. The van der Waals surface area contributed by atoms with Gasteiger partial charge in [-0.2, -0.15) is 5.06 Å². The van der Waals surface area contributed by atoms with E-state index >= 15 is 0 Å². The van der Waals surface area contributed by atoms with Crippen LogP contribution in [-0.2, 0) is 6.54 Å². The molecular weight excluding hydrogens is 302 g/mol. The average molecular weight is 319 g/mol. The molecule has 2 aromatic carbocycles. The van der Waals surface area contributed by atoms with Gasteiger partial charge >= 0.3 is 0 Å². The zero-order valence-corrected chi connectivity index (χ0v) is 13.4. The molecule has 0 spiro atoms. The maximum atomic E-state index is 10.5. The number of hydroxylamine groups is 2. The molecule has 0 aliphatic carbocycles. The first-order valence-electron chi connectivity index (χ1n) is 7.42. The first-order chi connectivity index (χ1) is 11.3. The number of benzene rings is 2. The molecular formula is C20H17NOS. The maximum Gasteiger partial charge on any atom is 0.130 e. The van der Waals surface area contributed by atoms with Crippen molar-refractivity contribution in [2.75, 3.05) is 0 Å². The van der Waals surface area contributed by atoms with Crippen molar-refractivity contribution in [1.82, 2.24) is 5.06 Å². The third-order valence-electron chi connectivity index (χ3n) is 3.43. The summed E-state index contributed by atoms with van der Waals surface area (Å²) in [6.45, 7) is 0.437. The predicted molar refractivity (Wildman–Crippen MR) is 94.2 cm³/mol. The van der Waals surface area contributed by atoms with Crippen molar-refractivity contribution in [1.29, 1.82) is 0 Å². The summed E-state index contributed by atoms with van der Waals surface area (Å²) >= 11 is 1.60.